The Labute approximate surface area is 143 Å². The van der Waals surface area contributed by atoms with Crippen LogP contribution in [0.15, 0.2) is 18.2 Å². The number of hydrogen-bond acceptors (Lipinski definition) is 3. The van der Waals surface area contributed by atoms with Crippen LogP contribution in [0.2, 0.25) is 10.0 Å². The molecule has 2 rings (SSSR count). The number of carboxylic acids is 1. The van der Waals surface area contributed by atoms with Crippen molar-refractivity contribution in [2.45, 2.75) is 25.7 Å². The lowest BCUT2D eigenvalue weighted by molar-refractivity contribution is -0.149. The minimum atomic E-state index is -0.989. The number of hydrazine groups is 1. The smallest absolute Gasteiger partial charge is 0.307 e. The lowest BCUT2D eigenvalue weighted by Gasteiger charge is -2.27. The van der Waals surface area contributed by atoms with Gasteiger partial charge in [-0.1, -0.05) is 36.0 Å². The molecule has 0 aromatic heterocycles. The monoisotopic (exact) mass is 358 g/mol. The van der Waals surface area contributed by atoms with Crippen LogP contribution in [0, 0.1) is 11.8 Å². The zero-order valence-electron chi connectivity index (χ0n) is 12.1. The summed E-state index contributed by atoms with van der Waals surface area (Å²) in [6, 6.07) is 4.36. The Bertz CT molecular complexity index is 636. The number of aliphatic carboxylic acids is 1. The van der Waals surface area contributed by atoms with Crippen molar-refractivity contribution in [1.29, 1.82) is 0 Å². The number of carbonyl (C=O) groups is 3. The number of rotatable bonds is 3. The molecular formula is C15H16Cl2N2O4. The molecule has 0 heterocycles. The van der Waals surface area contributed by atoms with Gasteiger partial charge in [-0.15, -0.1) is 0 Å². The molecule has 1 aromatic rings. The Hall–Kier alpha value is -1.79. The number of carbonyl (C=O) groups excluding carboxylic acids is 2. The third-order valence-electron chi connectivity index (χ3n) is 3.89. The van der Waals surface area contributed by atoms with E-state index >= 15 is 0 Å². The van der Waals surface area contributed by atoms with Crippen LogP contribution in [-0.4, -0.2) is 22.9 Å². The van der Waals surface area contributed by atoms with Gasteiger partial charge in [-0.3, -0.25) is 25.2 Å². The predicted octanol–water partition coefficient (Wildman–Crippen LogP) is 2.65. The molecule has 2 atom stereocenters. The molecular weight excluding hydrogens is 343 g/mol. The van der Waals surface area contributed by atoms with Crippen molar-refractivity contribution in [3.63, 3.8) is 0 Å². The van der Waals surface area contributed by atoms with E-state index < -0.39 is 29.6 Å². The summed E-state index contributed by atoms with van der Waals surface area (Å²) in [5, 5.41) is 9.73. The standard InChI is InChI=1S/C15H16Cl2N2O4/c16-8-5-6-11(12(17)7-8)14(21)19-18-13(20)9-3-1-2-4-10(9)15(22)23/h5-7,9-10H,1-4H2,(H,18,20)(H,19,21)(H,22,23). The van der Waals surface area contributed by atoms with E-state index in [2.05, 4.69) is 10.9 Å². The van der Waals surface area contributed by atoms with Gasteiger partial charge < -0.3 is 5.11 Å². The highest BCUT2D eigenvalue weighted by molar-refractivity contribution is 6.36. The summed E-state index contributed by atoms with van der Waals surface area (Å²) in [6.07, 6.45) is 2.52. The van der Waals surface area contributed by atoms with Crippen molar-refractivity contribution < 1.29 is 19.5 Å². The maximum Gasteiger partial charge on any atom is 0.307 e. The molecule has 6 nitrogen and oxygen atoms in total. The number of hydrogen-bond donors (Lipinski definition) is 3. The first-order chi connectivity index (χ1) is 10.9. The topological polar surface area (TPSA) is 95.5 Å². The van der Waals surface area contributed by atoms with Crippen LogP contribution in [0.25, 0.3) is 0 Å². The van der Waals surface area contributed by atoms with E-state index in [1.54, 1.807) is 0 Å². The van der Waals surface area contributed by atoms with Gasteiger partial charge in [0.2, 0.25) is 5.91 Å². The first kappa shape index (κ1) is 17.6. The maximum atomic E-state index is 12.1. The Morgan fingerprint density at radius 3 is 2.30 bits per heavy atom. The van der Waals surface area contributed by atoms with Crippen LogP contribution in [0.4, 0.5) is 0 Å². The zero-order valence-corrected chi connectivity index (χ0v) is 13.7. The molecule has 124 valence electrons. The maximum absolute atomic E-state index is 12.1. The van der Waals surface area contributed by atoms with Gasteiger partial charge in [0.25, 0.3) is 5.91 Å². The Morgan fingerprint density at radius 2 is 1.70 bits per heavy atom. The number of halogens is 2. The molecule has 8 heteroatoms. The molecule has 1 fully saturated rings. The van der Waals surface area contributed by atoms with Crippen LogP contribution in [0.3, 0.4) is 0 Å². The number of nitrogens with one attached hydrogen (secondary N) is 2. The van der Waals surface area contributed by atoms with Gasteiger partial charge in [-0.2, -0.15) is 0 Å². The third kappa shape index (κ3) is 4.36. The summed E-state index contributed by atoms with van der Waals surface area (Å²) in [5.41, 5.74) is 4.70. The molecule has 1 aliphatic carbocycles. The van der Waals surface area contributed by atoms with Crippen molar-refractivity contribution in [3.05, 3.63) is 33.8 Å². The predicted molar refractivity (Wildman–Crippen MR) is 85.2 cm³/mol. The summed E-state index contributed by atoms with van der Waals surface area (Å²) < 4.78 is 0. The van der Waals surface area contributed by atoms with E-state index in [1.165, 1.54) is 18.2 Å². The molecule has 1 aliphatic rings. The Morgan fingerprint density at radius 1 is 1.04 bits per heavy atom. The highest BCUT2D eigenvalue weighted by Gasteiger charge is 2.35. The Balaban J connectivity index is 1.97. The fourth-order valence-corrected chi connectivity index (χ4v) is 3.19. The van der Waals surface area contributed by atoms with Gasteiger partial charge in [-0.25, -0.2) is 0 Å². The normalized spacial score (nSPS) is 20.6. The van der Waals surface area contributed by atoms with Crippen molar-refractivity contribution >= 4 is 41.0 Å². The molecule has 2 amide bonds. The summed E-state index contributed by atoms with van der Waals surface area (Å²) in [5.74, 6) is -3.46. The number of benzene rings is 1. The molecule has 1 aromatic carbocycles. The lowest BCUT2D eigenvalue weighted by atomic mass is 9.79. The minimum absolute atomic E-state index is 0.158. The van der Waals surface area contributed by atoms with Gasteiger partial charge >= 0.3 is 5.97 Å². The molecule has 1 saturated carbocycles. The average Bonchev–Trinajstić information content (AvgIpc) is 2.52. The van der Waals surface area contributed by atoms with Gasteiger partial charge in [0, 0.05) is 5.02 Å². The second-order valence-corrected chi connectivity index (χ2v) is 6.25. The van der Waals surface area contributed by atoms with Crippen molar-refractivity contribution in [2.75, 3.05) is 0 Å². The molecule has 0 saturated heterocycles. The average molecular weight is 359 g/mol. The van der Waals surface area contributed by atoms with Gasteiger partial charge in [0.15, 0.2) is 0 Å². The van der Waals surface area contributed by atoms with Gasteiger partial charge in [-0.05, 0) is 31.0 Å². The molecule has 0 radical (unpaired) electrons. The Kier molecular flexibility index (Phi) is 5.85. The first-order valence-electron chi connectivity index (χ1n) is 7.18. The van der Waals surface area contributed by atoms with E-state index in [4.69, 9.17) is 23.2 Å². The van der Waals surface area contributed by atoms with Gasteiger partial charge in [0.05, 0.1) is 22.4 Å². The van der Waals surface area contributed by atoms with E-state index in [-0.39, 0.29) is 10.6 Å². The van der Waals surface area contributed by atoms with E-state index in [9.17, 15) is 19.5 Å². The highest BCUT2D eigenvalue weighted by Crippen LogP contribution is 2.30. The summed E-state index contributed by atoms with van der Waals surface area (Å²) in [4.78, 5) is 35.4. The SMILES string of the molecule is O=C(NNC(=O)C1CCCCC1C(=O)O)c1ccc(Cl)cc1Cl. The summed E-state index contributed by atoms with van der Waals surface area (Å²) in [7, 11) is 0. The van der Waals surface area contributed by atoms with E-state index in [0.717, 1.165) is 12.8 Å². The third-order valence-corrected chi connectivity index (χ3v) is 4.44. The molecule has 0 bridgehead atoms. The molecule has 2 unspecified atom stereocenters. The second-order valence-electron chi connectivity index (χ2n) is 5.40. The van der Waals surface area contributed by atoms with Gasteiger partial charge in [0.1, 0.15) is 0 Å². The van der Waals surface area contributed by atoms with Crippen LogP contribution in [-0.2, 0) is 9.59 Å². The molecule has 23 heavy (non-hydrogen) atoms. The largest absolute Gasteiger partial charge is 0.481 e. The summed E-state index contributed by atoms with van der Waals surface area (Å²) in [6.45, 7) is 0. The van der Waals surface area contributed by atoms with Crippen LogP contribution < -0.4 is 10.9 Å². The number of carboxylic acid groups (broad SMARTS) is 1. The van der Waals surface area contributed by atoms with E-state index in [0.29, 0.717) is 17.9 Å². The summed E-state index contributed by atoms with van der Waals surface area (Å²) >= 11 is 11.7. The minimum Gasteiger partial charge on any atom is -0.481 e. The lowest BCUT2D eigenvalue weighted by Crippen LogP contribution is -2.47. The van der Waals surface area contributed by atoms with Crippen molar-refractivity contribution in [2.24, 2.45) is 11.8 Å². The fraction of sp³-hybridized carbons (Fsp3) is 0.400. The zero-order chi connectivity index (χ0) is 17.0. The molecule has 0 spiro atoms. The molecule has 0 aliphatic heterocycles. The van der Waals surface area contributed by atoms with Crippen LogP contribution in [0.1, 0.15) is 36.0 Å². The van der Waals surface area contributed by atoms with Crippen LogP contribution >= 0.6 is 23.2 Å². The van der Waals surface area contributed by atoms with E-state index in [1.807, 2.05) is 0 Å². The van der Waals surface area contributed by atoms with Crippen LogP contribution in [0.5, 0.6) is 0 Å². The fourth-order valence-electron chi connectivity index (χ4n) is 2.69. The number of amides is 2. The van der Waals surface area contributed by atoms with Crippen molar-refractivity contribution in [1.82, 2.24) is 10.9 Å². The first-order valence-corrected chi connectivity index (χ1v) is 7.94. The molecule has 3 N–H and O–H groups in total. The quantitative estimate of drug-likeness (QED) is 0.723. The highest BCUT2D eigenvalue weighted by atomic mass is 35.5. The van der Waals surface area contributed by atoms with Crippen molar-refractivity contribution in [3.8, 4) is 0 Å². The second kappa shape index (κ2) is 7.66.